The molecule has 0 amide bonds. The van der Waals surface area contributed by atoms with Crippen molar-refractivity contribution in [3.05, 3.63) is 28.8 Å². The van der Waals surface area contributed by atoms with Crippen LogP contribution in [0.4, 0.5) is 0 Å². The van der Waals surface area contributed by atoms with Gasteiger partial charge in [0.05, 0.1) is 11.6 Å². The number of carbonyl (C=O) groups is 1. The van der Waals surface area contributed by atoms with E-state index in [2.05, 4.69) is 0 Å². The van der Waals surface area contributed by atoms with E-state index >= 15 is 0 Å². The van der Waals surface area contributed by atoms with E-state index in [4.69, 9.17) is 22.4 Å². The van der Waals surface area contributed by atoms with Gasteiger partial charge < -0.3 is 10.8 Å². The Morgan fingerprint density at radius 1 is 1.58 bits per heavy atom. The third-order valence-electron chi connectivity index (χ3n) is 1.46. The molecule has 0 unspecified atom stereocenters. The molecule has 3 nitrogen and oxygen atoms in total. The van der Waals surface area contributed by atoms with Crippen LogP contribution in [0.5, 0.6) is 5.75 Å². The van der Waals surface area contributed by atoms with Crippen molar-refractivity contribution in [1.82, 2.24) is 0 Å². The molecule has 0 bridgehead atoms. The maximum atomic E-state index is 11.1. The highest BCUT2D eigenvalue weighted by molar-refractivity contribution is 6.35. The first-order valence-electron chi connectivity index (χ1n) is 3.37. The van der Waals surface area contributed by atoms with Gasteiger partial charge in [0.15, 0.2) is 5.78 Å². The molecule has 64 valence electrons. The van der Waals surface area contributed by atoms with E-state index in [1.807, 2.05) is 0 Å². The summed E-state index contributed by atoms with van der Waals surface area (Å²) in [6, 6.07) is 4.48. The highest BCUT2D eigenvalue weighted by Crippen LogP contribution is 2.26. The van der Waals surface area contributed by atoms with Crippen LogP contribution in [-0.4, -0.2) is 17.4 Å². The van der Waals surface area contributed by atoms with Crippen LogP contribution in [0.3, 0.4) is 0 Å². The number of benzene rings is 1. The average Bonchev–Trinajstić information content (AvgIpc) is 2.08. The zero-order valence-corrected chi connectivity index (χ0v) is 7.01. The number of halogens is 1. The predicted molar refractivity (Wildman–Crippen MR) is 46.5 cm³/mol. The molecular weight excluding hydrogens is 178 g/mol. The molecule has 0 aliphatic rings. The van der Waals surface area contributed by atoms with Crippen LogP contribution >= 0.6 is 11.6 Å². The Morgan fingerprint density at radius 2 is 2.25 bits per heavy atom. The van der Waals surface area contributed by atoms with Crippen LogP contribution < -0.4 is 5.73 Å². The van der Waals surface area contributed by atoms with E-state index < -0.39 is 0 Å². The Morgan fingerprint density at radius 3 is 2.83 bits per heavy atom. The number of phenols is 1. The van der Waals surface area contributed by atoms with E-state index in [1.54, 1.807) is 6.07 Å². The minimum absolute atomic E-state index is 0.0629. The predicted octanol–water partition coefficient (Wildman–Crippen LogP) is 1.19. The molecule has 1 aromatic carbocycles. The fourth-order valence-electron chi connectivity index (χ4n) is 0.845. The largest absolute Gasteiger partial charge is 0.506 e. The number of phenolic OH excluding ortho intramolecular Hbond substituents is 1. The second-order valence-electron chi connectivity index (χ2n) is 2.27. The van der Waals surface area contributed by atoms with E-state index in [0.717, 1.165) is 0 Å². The first-order chi connectivity index (χ1) is 5.66. The number of hydrogen-bond donors (Lipinski definition) is 2. The van der Waals surface area contributed by atoms with Crippen molar-refractivity contribution in [2.45, 2.75) is 0 Å². The summed E-state index contributed by atoms with van der Waals surface area (Å²) in [4.78, 5) is 11.1. The molecule has 0 spiro atoms. The van der Waals surface area contributed by atoms with Crippen molar-refractivity contribution in [1.29, 1.82) is 0 Å². The summed E-state index contributed by atoms with van der Waals surface area (Å²) in [7, 11) is 0. The third kappa shape index (κ3) is 1.57. The summed E-state index contributed by atoms with van der Waals surface area (Å²) in [6.07, 6.45) is 0. The van der Waals surface area contributed by atoms with Crippen molar-refractivity contribution in [2.75, 3.05) is 6.54 Å². The fraction of sp³-hybridized carbons (Fsp3) is 0.125. The van der Waals surface area contributed by atoms with Crippen LogP contribution in [0, 0.1) is 0 Å². The van der Waals surface area contributed by atoms with Gasteiger partial charge in [0.2, 0.25) is 0 Å². The van der Waals surface area contributed by atoms with Gasteiger partial charge in [0, 0.05) is 5.56 Å². The molecule has 0 heterocycles. The maximum absolute atomic E-state index is 11.1. The molecule has 12 heavy (non-hydrogen) atoms. The molecule has 0 aromatic heterocycles. The van der Waals surface area contributed by atoms with Gasteiger partial charge in [-0.3, -0.25) is 4.79 Å². The zero-order valence-electron chi connectivity index (χ0n) is 6.25. The van der Waals surface area contributed by atoms with Gasteiger partial charge in [-0.05, 0) is 12.1 Å². The minimum Gasteiger partial charge on any atom is -0.506 e. The second kappa shape index (κ2) is 3.56. The Balaban J connectivity index is 3.16. The standard InChI is InChI=1S/C8H8ClNO2/c9-8-5(7(12)4-10)2-1-3-6(8)11/h1-3,11H,4,10H2. The smallest absolute Gasteiger partial charge is 0.178 e. The number of ketones is 1. The highest BCUT2D eigenvalue weighted by Gasteiger charge is 2.10. The number of nitrogens with two attached hydrogens (primary N) is 1. The van der Waals surface area contributed by atoms with Crippen LogP contribution in [0.25, 0.3) is 0 Å². The van der Waals surface area contributed by atoms with Crippen LogP contribution in [-0.2, 0) is 0 Å². The van der Waals surface area contributed by atoms with E-state index in [0.29, 0.717) is 0 Å². The van der Waals surface area contributed by atoms with Gasteiger partial charge in [-0.25, -0.2) is 0 Å². The third-order valence-corrected chi connectivity index (χ3v) is 1.86. The van der Waals surface area contributed by atoms with Gasteiger partial charge in [-0.1, -0.05) is 17.7 Å². The van der Waals surface area contributed by atoms with Gasteiger partial charge >= 0.3 is 0 Å². The van der Waals surface area contributed by atoms with Gasteiger partial charge in [0.25, 0.3) is 0 Å². The van der Waals surface area contributed by atoms with Crippen molar-refractivity contribution < 1.29 is 9.90 Å². The first-order valence-corrected chi connectivity index (χ1v) is 3.75. The summed E-state index contributed by atoms with van der Waals surface area (Å²) in [5, 5.41) is 9.18. The number of hydrogen-bond acceptors (Lipinski definition) is 3. The lowest BCUT2D eigenvalue weighted by molar-refractivity contribution is 0.100. The quantitative estimate of drug-likeness (QED) is 0.681. The molecule has 0 atom stereocenters. The topological polar surface area (TPSA) is 63.3 Å². The minimum atomic E-state index is -0.282. The molecule has 0 fully saturated rings. The molecule has 0 aliphatic heterocycles. The molecule has 0 saturated carbocycles. The molecule has 3 N–H and O–H groups in total. The van der Waals surface area contributed by atoms with Crippen LogP contribution in [0.1, 0.15) is 10.4 Å². The highest BCUT2D eigenvalue weighted by atomic mass is 35.5. The lowest BCUT2D eigenvalue weighted by Crippen LogP contribution is -2.13. The summed E-state index contributed by atoms with van der Waals surface area (Å²) in [5.74, 6) is -0.383. The Labute approximate surface area is 74.8 Å². The number of Topliss-reactive ketones (excluding diaryl/α,β-unsaturated/α-hetero) is 1. The SMILES string of the molecule is NCC(=O)c1cccc(O)c1Cl. The molecule has 0 radical (unpaired) electrons. The summed E-state index contributed by atoms with van der Waals surface area (Å²) < 4.78 is 0. The molecular formula is C8H8ClNO2. The molecule has 0 saturated heterocycles. The summed E-state index contributed by atoms with van der Waals surface area (Å²) >= 11 is 5.64. The summed E-state index contributed by atoms with van der Waals surface area (Å²) in [5.41, 5.74) is 5.40. The normalized spacial score (nSPS) is 9.83. The first kappa shape index (κ1) is 9.03. The van der Waals surface area contributed by atoms with Crippen molar-refractivity contribution in [3.63, 3.8) is 0 Å². The molecule has 1 rings (SSSR count). The maximum Gasteiger partial charge on any atom is 0.178 e. The number of aromatic hydroxyl groups is 1. The number of carbonyl (C=O) groups excluding carboxylic acids is 1. The average molecular weight is 186 g/mol. The second-order valence-corrected chi connectivity index (χ2v) is 2.64. The number of rotatable bonds is 2. The lowest BCUT2D eigenvalue weighted by Gasteiger charge is -2.01. The van der Waals surface area contributed by atoms with E-state index in [-0.39, 0.29) is 28.7 Å². The fourth-order valence-corrected chi connectivity index (χ4v) is 1.08. The zero-order chi connectivity index (χ0) is 9.14. The van der Waals surface area contributed by atoms with Gasteiger partial charge in [-0.15, -0.1) is 0 Å². The Bertz CT molecular complexity index is 312. The van der Waals surface area contributed by atoms with Crippen molar-refractivity contribution in [2.24, 2.45) is 5.73 Å². The van der Waals surface area contributed by atoms with Crippen LogP contribution in [0.2, 0.25) is 5.02 Å². The summed E-state index contributed by atoms with van der Waals surface area (Å²) in [6.45, 7) is -0.108. The van der Waals surface area contributed by atoms with Crippen molar-refractivity contribution in [3.8, 4) is 5.75 Å². The van der Waals surface area contributed by atoms with E-state index in [1.165, 1.54) is 12.1 Å². The van der Waals surface area contributed by atoms with Gasteiger partial charge in [-0.2, -0.15) is 0 Å². The lowest BCUT2D eigenvalue weighted by atomic mass is 10.1. The Kier molecular flexibility index (Phi) is 2.68. The van der Waals surface area contributed by atoms with E-state index in [9.17, 15) is 4.79 Å². The Hall–Kier alpha value is -1.06. The molecule has 4 heteroatoms. The van der Waals surface area contributed by atoms with Crippen molar-refractivity contribution >= 4 is 17.4 Å². The molecule has 0 aliphatic carbocycles. The van der Waals surface area contributed by atoms with Gasteiger partial charge in [0.1, 0.15) is 5.75 Å². The van der Waals surface area contributed by atoms with Crippen LogP contribution in [0.15, 0.2) is 18.2 Å². The monoisotopic (exact) mass is 185 g/mol. The molecule has 1 aromatic rings.